The molecule has 0 saturated heterocycles. The molecule has 0 aliphatic rings. The van der Waals surface area contributed by atoms with E-state index in [9.17, 15) is 0 Å². The van der Waals surface area contributed by atoms with Gasteiger partial charge < -0.3 is 9.13 Å². The van der Waals surface area contributed by atoms with Crippen molar-refractivity contribution < 1.29 is 0 Å². The molecule has 0 aliphatic carbocycles. The second-order valence-electron chi connectivity index (χ2n) is 19.2. The molecular formula is C69H44N6. The molecule has 0 N–H and O–H groups in total. The first-order chi connectivity index (χ1) is 37.2. The minimum atomic E-state index is 0.564. The van der Waals surface area contributed by atoms with E-state index in [1.54, 1.807) is 0 Å². The predicted octanol–water partition coefficient (Wildman–Crippen LogP) is 17.5. The van der Waals surface area contributed by atoms with Crippen LogP contribution in [0.5, 0.6) is 0 Å². The summed E-state index contributed by atoms with van der Waals surface area (Å²) in [7, 11) is 0. The Balaban J connectivity index is 0.941. The highest BCUT2D eigenvalue weighted by atomic mass is 15.2. The predicted molar refractivity (Wildman–Crippen MR) is 310 cm³/mol. The molecule has 75 heavy (non-hydrogen) atoms. The summed E-state index contributed by atoms with van der Waals surface area (Å²) in [5, 5.41) is 7.05. The highest BCUT2D eigenvalue weighted by Crippen LogP contribution is 2.42. The van der Waals surface area contributed by atoms with Crippen LogP contribution in [0.15, 0.2) is 267 Å². The molecule has 6 nitrogen and oxygen atoms in total. The highest BCUT2D eigenvalue weighted by molar-refractivity contribution is 6.15. The molecule has 0 spiro atoms. The fraction of sp³-hybridized carbons (Fsp3) is 0. The van der Waals surface area contributed by atoms with Crippen molar-refractivity contribution in [3.05, 3.63) is 267 Å². The fourth-order valence-corrected chi connectivity index (χ4v) is 11.4. The van der Waals surface area contributed by atoms with Crippen LogP contribution >= 0.6 is 0 Å². The minimum Gasteiger partial charge on any atom is -0.309 e. The van der Waals surface area contributed by atoms with Crippen molar-refractivity contribution in [2.45, 2.75) is 0 Å². The van der Waals surface area contributed by atoms with Crippen LogP contribution in [0.3, 0.4) is 0 Å². The first-order valence-electron chi connectivity index (χ1n) is 25.4. The van der Waals surface area contributed by atoms with Crippen molar-refractivity contribution in [3.8, 4) is 73.5 Å². The summed E-state index contributed by atoms with van der Waals surface area (Å²) in [4.78, 5) is 15.5. The number of hydrogen-bond donors (Lipinski definition) is 0. The molecule has 4 heterocycles. The maximum atomic E-state index is 5.24. The van der Waals surface area contributed by atoms with Gasteiger partial charge in [0.1, 0.15) is 0 Å². The highest BCUT2D eigenvalue weighted by Gasteiger charge is 2.22. The van der Waals surface area contributed by atoms with Gasteiger partial charge in [0.05, 0.1) is 33.1 Å². The van der Waals surface area contributed by atoms with Crippen LogP contribution in [0.25, 0.3) is 139 Å². The van der Waals surface area contributed by atoms with Gasteiger partial charge in [0.15, 0.2) is 11.6 Å². The molecule has 0 atom stereocenters. The van der Waals surface area contributed by atoms with E-state index in [1.807, 2.05) is 36.4 Å². The van der Waals surface area contributed by atoms with E-state index in [4.69, 9.17) is 15.0 Å². The monoisotopic (exact) mass is 956 g/mol. The van der Waals surface area contributed by atoms with Crippen molar-refractivity contribution >= 4 is 65.4 Å². The normalized spacial score (nSPS) is 11.7. The first kappa shape index (κ1) is 42.5. The number of hydrogen-bond acceptors (Lipinski definition) is 3. The zero-order valence-electron chi connectivity index (χ0n) is 40.6. The molecule has 4 aromatic heterocycles. The lowest BCUT2D eigenvalue weighted by Gasteiger charge is -2.11. The largest absolute Gasteiger partial charge is 0.309 e. The van der Waals surface area contributed by atoms with E-state index in [0.29, 0.717) is 17.6 Å². The molecule has 0 amide bonds. The summed E-state index contributed by atoms with van der Waals surface area (Å²) in [6.45, 7) is 0. The maximum absolute atomic E-state index is 5.24. The summed E-state index contributed by atoms with van der Waals surface area (Å²) >= 11 is 0. The number of fused-ring (bicyclic) bond motifs is 9. The summed E-state index contributed by atoms with van der Waals surface area (Å²) in [6.07, 6.45) is 0. The number of para-hydroxylation sites is 2. The molecule has 11 aromatic carbocycles. The van der Waals surface area contributed by atoms with E-state index in [2.05, 4.69) is 244 Å². The zero-order valence-corrected chi connectivity index (χ0v) is 40.6. The van der Waals surface area contributed by atoms with Crippen molar-refractivity contribution in [1.82, 2.24) is 28.7 Å². The number of nitrogens with zero attached hydrogens (tertiary/aromatic N) is 6. The topological polar surface area (TPSA) is 53.5 Å². The molecule has 0 bridgehead atoms. The van der Waals surface area contributed by atoms with E-state index in [-0.39, 0.29) is 0 Å². The third-order valence-corrected chi connectivity index (χ3v) is 14.9. The first-order valence-corrected chi connectivity index (χ1v) is 25.4. The summed E-state index contributed by atoms with van der Waals surface area (Å²) < 4.78 is 7.03. The summed E-state index contributed by atoms with van der Waals surface area (Å²) in [6, 6.07) is 95.5. The number of aromatic nitrogens is 6. The van der Waals surface area contributed by atoms with Gasteiger partial charge in [0.2, 0.25) is 5.95 Å². The number of rotatable bonds is 8. The zero-order chi connectivity index (χ0) is 49.4. The van der Waals surface area contributed by atoms with Gasteiger partial charge in [-0.15, -0.1) is 0 Å². The van der Waals surface area contributed by atoms with Gasteiger partial charge in [-0.25, -0.2) is 4.98 Å². The lowest BCUT2D eigenvalue weighted by molar-refractivity contribution is 0.953. The summed E-state index contributed by atoms with van der Waals surface area (Å²) in [5.74, 6) is 1.80. The van der Waals surface area contributed by atoms with Crippen LogP contribution in [-0.4, -0.2) is 28.7 Å². The Hall–Kier alpha value is -10.2. The average Bonchev–Trinajstić information content (AvgIpc) is 4.12. The lowest BCUT2D eigenvalue weighted by atomic mass is 9.98. The number of benzene rings is 11. The van der Waals surface area contributed by atoms with Crippen LogP contribution in [0.2, 0.25) is 0 Å². The lowest BCUT2D eigenvalue weighted by Crippen LogP contribution is -2.06. The molecule has 0 saturated carbocycles. The Morgan fingerprint density at radius 3 is 1.00 bits per heavy atom. The molecule has 15 aromatic rings. The molecule has 0 radical (unpaired) electrons. The van der Waals surface area contributed by atoms with Gasteiger partial charge >= 0.3 is 0 Å². The average molecular weight is 957 g/mol. The third-order valence-electron chi connectivity index (χ3n) is 14.9. The van der Waals surface area contributed by atoms with Gasteiger partial charge in [-0.1, -0.05) is 182 Å². The minimum absolute atomic E-state index is 0.564. The Bertz CT molecular complexity index is 4610. The standard InChI is InChI=1S/C69H44N6/c1-6-18-45(19-7-1)49-30-35-62-56(40-49)57-42-51(32-36-63(57)74(62)54-34-39-64-60(44-54)55-28-16-17-29-61(55)73(64)53-26-14-5-15-27-53)52-33-38-66-59(43-52)58-41-50(46-20-8-2-9-21-46)31-37-65(58)75(66)69-71-67(47-22-10-3-11-23-47)70-68(72-69)48-24-12-4-13-25-48/h1-44H. The Morgan fingerprint density at radius 2 is 0.533 bits per heavy atom. The van der Waals surface area contributed by atoms with Gasteiger partial charge in [-0.05, 0) is 118 Å². The van der Waals surface area contributed by atoms with E-state index >= 15 is 0 Å². The third kappa shape index (κ3) is 7.07. The molecular weight excluding hydrogens is 913 g/mol. The molecule has 0 fully saturated rings. The van der Waals surface area contributed by atoms with Crippen LogP contribution in [0, 0.1) is 0 Å². The molecule has 6 heteroatoms. The smallest absolute Gasteiger partial charge is 0.238 e. The second-order valence-corrected chi connectivity index (χ2v) is 19.2. The van der Waals surface area contributed by atoms with Crippen molar-refractivity contribution in [2.75, 3.05) is 0 Å². The fourth-order valence-electron chi connectivity index (χ4n) is 11.4. The van der Waals surface area contributed by atoms with Gasteiger partial charge in [0.25, 0.3) is 0 Å². The van der Waals surface area contributed by atoms with E-state index in [0.717, 1.165) is 77.6 Å². The quantitative estimate of drug-likeness (QED) is 0.152. The molecule has 350 valence electrons. The second kappa shape index (κ2) is 17.3. The Morgan fingerprint density at radius 1 is 0.200 bits per heavy atom. The van der Waals surface area contributed by atoms with E-state index < -0.39 is 0 Å². The van der Waals surface area contributed by atoms with Crippen molar-refractivity contribution in [3.63, 3.8) is 0 Å². The van der Waals surface area contributed by atoms with Gasteiger partial charge in [-0.3, -0.25) is 4.57 Å². The summed E-state index contributed by atoms with van der Waals surface area (Å²) in [5.41, 5.74) is 17.7. The Kier molecular flexibility index (Phi) is 9.78. The van der Waals surface area contributed by atoms with Crippen LogP contribution in [0.1, 0.15) is 0 Å². The molecule has 0 unspecified atom stereocenters. The van der Waals surface area contributed by atoms with Crippen LogP contribution < -0.4 is 0 Å². The van der Waals surface area contributed by atoms with E-state index in [1.165, 1.54) is 43.7 Å². The van der Waals surface area contributed by atoms with Crippen molar-refractivity contribution in [1.29, 1.82) is 0 Å². The maximum Gasteiger partial charge on any atom is 0.238 e. The van der Waals surface area contributed by atoms with Crippen molar-refractivity contribution in [2.24, 2.45) is 0 Å². The van der Waals surface area contributed by atoms with Crippen LogP contribution in [0.4, 0.5) is 0 Å². The van der Waals surface area contributed by atoms with Crippen LogP contribution in [-0.2, 0) is 0 Å². The molecule has 15 rings (SSSR count). The molecule has 0 aliphatic heterocycles. The Labute approximate surface area is 432 Å². The SMILES string of the molecule is c1ccc(-c2ccc3c(c2)c2cc(-c4ccc5c(c4)c4cc(-c6ccccc6)ccc4n5-c4nc(-c5ccccc5)nc(-c5ccccc5)n4)ccc2n3-c2ccc3c(c2)c2ccccc2n3-c2ccccc2)cc1. The van der Waals surface area contributed by atoms with Gasteiger partial charge in [-0.2, -0.15) is 9.97 Å². The van der Waals surface area contributed by atoms with Gasteiger partial charge in [0, 0.05) is 54.8 Å².